The zero-order chi connectivity index (χ0) is 21.5. The van der Waals surface area contributed by atoms with E-state index in [9.17, 15) is 8.42 Å². The first kappa shape index (κ1) is 23.2. The molecule has 0 aromatic rings. The van der Waals surface area contributed by atoms with Gasteiger partial charge in [-0.2, -0.15) is 0 Å². The van der Waals surface area contributed by atoms with Gasteiger partial charge in [-0.3, -0.25) is 5.43 Å². The third-order valence-corrected chi connectivity index (χ3v) is 11.4. The summed E-state index contributed by atoms with van der Waals surface area (Å²) in [6.45, 7) is 6.63. The van der Waals surface area contributed by atoms with E-state index in [1.54, 1.807) is 7.11 Å². The van der Waals surface area contributed by atoms with Crippen molar-refractivity contribution < 1.29 is 13.2 Å². The van der Waals surface area contributed by atoms with E-state index in [1.165, 1.54) is 6.42 Å². The van der Waals surface area contributed by atoms with Crippen molar-refractivity contribution in [3.8, 4) is 0 Å². The summed E-state index contributed by atoms with van der Waals surface area (Å²) in [4.78, 5) is 0. The molecule has 3 saturated heterocycles. The maximum atomic E-state index is 13.2. The van der Waals surface area contributed by atoms with Crippen molar-refractivity contribution in [1.82, 2.24) is 25.8 Å². The van der Waals surface area contributed by atoms with Gasteiger partial charge in [-0.15, -0.1) is 11.8 Å². The fourth-order valence-electron chi connectivity index (χ4n) is 5.56. The van der Waals surface area contributed by atoms with E-state index in [4.69, 9.17) is 4.74 Å². The molecule has 4 fully saturated rings. The van der Waals surface area contributed by atoms with Crippen molar-refractivity contribution >= 4 is 21.8 Å². The van der Waals surface area contributed by atoms with E-state index in [0.717, 1.165) is 38.8 Å². The molecular weight excluding hydrogens is 422 g/mol. The molecule has 3 aliphatic heterocycles. The Morgan fingerprint density at radius 3 is 2.60 bits per heavy atom. The van der Waals surface area contributed by atoms with Gasteiger partial charge >= 0.3 is 0 Å². The molecule has 174 valence electrons. The van der Waals surface area contributed by atoms with Gasteiger partial charge in [0.05, 0.1) is 16.2 Å². The highest BCUT2D eigenvalue weighted by Crippen LogP contribution is 2.36. The molecule has 1 saturated carbocycles. The predicted molar refractivity (Wildman–Crippen MR) is 122 cm³/mol. The van der Waals surface area contributed by atoms with E-state index < -0.39 is 10.0 Å². The summed E-state index contributed by atoms with van der Waals surface area (Å²) in [7, 11) is 0.453. The fraction of sp³-hybridized carbons (Fsp3) is 1.00. The Balaban J connectivity index is 1.30. The number of hydrazine groups is 1. The lowest BCUT2D eigenvalue weighted by Crippen LogP contribution is -2.57. The first-order valence-electron chi connectivity index (χ1n) is 11.4. The van der Waals surface area contributed by atoms with Crippen LogP contribution in [0.4, 0.5) is 0 Å². The summed E-state index contributed by atoms with van der Waals surface area (Å²) >= 11 is 1.92. The molecule has 10 heteroatoms. The van der Waals surface area contributed by atoms with Crippen LogP contribution in [0.25, 0.3) is 0 Å². The Kier molecular flexibility index (Phi) is 7.07. The third kappa shape index (κ3) is 4.71. The van der Waals surface area contributed by atoms with Gasteiger partial charge in [0.25, 0.3) is 0 Å². The van der Waals surface area contributed by atoms with Crippen LogP contribution in [0, 0.1) is 5.92 Å². The standard InChI is InChI=1S/C20H39N5O3S2/c1-20(2,28-4)19-22-12-17(29-19)15-9-8-14(11-21-15)30(26,27)24-16-7-5-6-13-10-23-25(3)18(13)16/h13-19,21-24H,5-12H2,1-4H3. The molecule has 0 spiro atoms. The maximum Gasteiger partial charge on any atom is 0.216 e. The molecule has 4 N–H and O–H groups in total. The van der Waals surface area contributed by atoms with E-state index in [2.05, 4.69) is 39.6 Å². The Bertz CT molecular complexity index is 697. The average Bonchev–Trinajstić information content (AvgIpc) is 3.36. The van der Waals surface area contributed by atoms with E-state index in [-0.39, 0.29) is 28.3 Å². The number of ether oxygens (including phenoxy) is 1. The highest BCUT2D eigenvalue weighted by atomic mass is 32.2. The molecule has 0 amide bonds. The van der Waals surface area contributed by atoms with Crippen LogP contribution < -0.4 is 20.8 Å². The van der Waals surface area contributed by atoms with Crippen molar-refractivity contribution in [1.29, 1.82) is 0 Å². The Hall–Kier alpha value is 0.0600. The molecule has 0 aromatic heterocycles. The van der Waals surface area contributed by atoms with Gasteiger partial charge in [0.1, 0.15) is 0 Å². The van der Waals surface area contributed by atoms with Crippen LogP contribution in [0.1, 0.15) is 46.0 Å². The van der Waals surface area contributed by atoms with Crippen LogP contribution in [0.3, 0.4) is 0 Å². The smallest absolute Gasteiger partial charge is 0.216 e. The summed E-state index contributed by atoms with van der Waals surface area (Å²) in [5.74, 6) is 0.543. The Morgan fingerprint density at radius 2 is 1.90 bits per heavy atom. The van der Waals surface area contributed by atoms with Crippen LogP contribution in [0.2, 0.25) is 0 Å². The van der Waals surface area contributed by atoms with Crippen LogP contribution in [0.15, 0.2) is 0 Å². The van der Waals surface area contributed by atoms with Crippen molar-refractivity contribution in [2.24, 2.45) is 5.92 Å². The highest BCUT2D eigenvalue weighted by Gasteiger charge is 2.44. The number of nitrogens with zero attached hydrogens (tertiary/aromatic N) is 1. The molecular formula is C20H39N5O3S2. The summed E-state index contributed by atoms with van der Waals surface area (Å²) in [5.41, 5.74) is 3.16. The average molecular weight is 462 g/mol. The molecule has 8 nitrogen and oxygen atoms in total. The molecule has 1 aliphatic carbocycles. The molecule has 4 aliphatic rings. The van der Waals surface area contributed by atoms with E-state index in [1.807, 2.05) is 18.8 Å². The van der Waals surface area contributed by atoms with Gasteiger partial charge in [-0.1, -0.05) is 6.42 Å². The normalized spacial score (nSPS) is 41.1. The second-order valence-corrected chi connectivity index (χ2v) is 13.3. The minimum Gasteiger partial charge on any atom is -0.376 e. The lowest BCUT2D eigenvalue weighted by Gasteiger charge is -2.38. The van der Waals surface area contributed by atoms with Crippen LogP contribution in [-0.4, -0.2) is 86.8 Å². The second-order valence-electron chi connectivity index (χ2n) is 9.91. The molecule has 30 heavy (non-hydrogen) atoms. The molecule has 7 atom stereocenters. The van der Waals surface area contributed by atoms with E-state index >= 15 is 0 Å². The molecule has 0 bridgehead atoms. The lowest BCUT2D eigenvalue weighted by molar-refractivity contribution is 0.0158. The first-order valence-corrected chi connectivity index (χ1v) is 13.8. The van der Waals surface area contributed by atoms with E-state index in [0.29, 0.717) is 23.8 Å². The number of hydrogen-bond donors (Lipinski definition) is 4. The summed E-state index contributed by atoms with van der Waals surface area (Å²) in [6.07, 6.45) is 4.82. The number of likely N-dealkylation sites (N-methyl/N-ethyl adjacent to an activating group) is 1. The number of piperidine rings is 1. The molecule has 0 radical (unpaired) electrons. The van der Waals surface area contributed by atoms with Crippen LogP contribution >= 0.6 is 11.8 Å². The van der Waals surface area contributed by atoms with Gasteiger partial charge in [0.2, 0.25) is 10.0 Å². The summed E-state index contributed by atoms with van der Waals surface area (Å²) in [6, 6.07) is 0.619. The van der Waals surface area contributed by atoms with Gasteiger partial charge in [0, 0.05) is 57.2 Å². The number of hydrogen-bond acceptors (Lipinski definition) is 8. The predicted octanol–water partition coefficient (Wildman–Crippen LogP) is 0.470. The van der Waals surface area contributed by atoms with Crippen molar-refractivity contribution in [2.45, 2.75) is 85.6 Å². The zero-order valence-corrected chi connectivity index (χ0v) is 20.3. The number of methoxy groups -OCH3 is 1. The van der Waals surface area contributed by atoms with Crippen molar-refractivity contribution in [2.75, 3.05) is 33.8 Å². The number of rotatable bonds is 6. The van der Waals surface area contributed by atoms with Crippen LogP contribution in [-0.2, 0) is 14.8 Å². The maximum absolute atomic E-state index is 13.2. The number of fused-ring (bicyclic) bond motifs is 1. The second kappa shape index (κ2) is 9.13. The molecule has 7 unspecified atom stereocenters. The Labute approximate surface area is 186 Å². The fourth-order valence-corrected chi connectivity index (χ4v) is 8.78. The number of thioether (sulfide) groups is 1. The molecule has 3 heterocycles. The minimum absolute atomic E-state index is 0.0121. The summed E-state index contributed by atoms with van der Waals surface area (Å²) < 4.78 is 35.1. The molecule has 4 rings (SSSR count). The van der Waals surface area contributed by atoms with Gasteiger partial charge in [-0.05, 0) is 45.4 Å². The lowest BCUT2D eigenvalue weighted by atomic mass is 9.82. The molecule has 0 aromatic carbocycles. The topological polar surface area (TPSA) is 94.7 Å². The van der Waals surface area contributed by atoms with Crippen LogP contribution in [0.5, 0.6) is 0 Å². The highest BCUT2D eigenvalue weighted by molar-refractivity contribution is 8.00. The number of nitrogens with one attached hydrogen (secondary N) is 4. The summed E-state index contributed by atoms with van der Waals surface area (Å²) in [5, 5.41) is 9.60. The van der Waals surface area contributed by atoms with Gasteiger partial charge in [0.15, 0.2) is 0 Å². The zero-order valence-electron chi connectivity index (χ0n) is 18.7. The third-order valence-electron chi connectivity index (χ3n) is 7.62. The largest absolute Gasteiger partial charge is 0.376 e. The quantitative estimate of drug-likeness (QED) is 0.454. The Morgan fingerprint density at radius 1 is 1.10 bits per heavy atom. The van der Waals surface area contributed by atoms with Gasteiger partial charge < -0.3 is 15.4 Å². The van der Waals surface area contributed by atoms with Gasteiger partial charge in [-0.25, -0.2) is 18.1 Å². The SMILES string of the molecule is COC(C)(C)C1NCC(C2CCC(S(=O)(=O)NC3CCCC4CNN(C)C43)CN2)S1. The van der Waals surface area contributed by atoms with Crippen molar-refractivity contribution in [3.63, 3.8) is 0 Å². The number of sulfonamides is 1. The minimum atomic E-state index is -3.34. The first-order chi connectivity index (χ1) is 14.2. The monoisotopic (exact) mass is 461 g/mol. The van der Waals surface area contributed by atoms with Crippen molar-refractivity contribution in [3.05, 3.63) is 0 Å².